The molecule has 12 heteroatoms. The van der Waals surface area contributed by atoms with Crippen LogP contribution in [0.25, 0.3) is 0 Å². The van der Waals surface area contributed by atoms with E-state index in [-0.39, 0.29) is 21.8 Å². The van der Waals surface area contributed by atoms with Gasteiger partial charge in [-0.3, -0.25) is 10.7 Å². The van der Waals surface area contributed by atoms with Gasteiger partial charge in [-0.25, -0.2) is 14.0 Å². The second kappa shape index (κ2) is 8.27. The lowest BCUT2D eigenvalue weighted by Crippen LogP contribution is -2.29. The second-order valence-electron chi connectivity index (χ2n) is 5.25. The fraction of sp³-hybridized carbons (Fsp3) is 0. The molecule has 0 spiro atoms. The second-order valence-corrected chi connectivity index (χ2v) is 6.11. The van der Waals surface area contributed by atoms with Crippen LogP contribution in [0.15, 0.2) is 56.6 Å². The molecule has 0 radical (unpaired) electrons. The fourth-order valence-electron chi connectivity index (χ4n) is 2.12. The molecule has 0 bridgehead atoms. The summed E-state index contributed by atoms with van der Waals surface area (Å²) >= 11 is 3.06. The third-order valence-electron chi connectivity index (χ3n) is 3.43. The molecule has 3 rings (SSSR count). The number of halogens is 2. The normalized spacial score (nSPS) is 11.4. The number of hydrogen-bond donors (Lipinski definition) is 5. The van der Waals surface area contributed by atoms with E-state index in [1.165, 1.54) is 30.3 Å². The Hall–Kier alpha value is -2.80. The third kappa shape index (κ3) is 4.49. The summed E-state index contributed by atoms with van der Waals surface area (Å²) in [6.45, 7) is 0. The zero-order chi connectivity index (χ0) is 19.4. The van der Waals surface area contributed by atoms with Crippen molar-refractivity contribution in [1.82, 2.24) is 15.8 Å². The smallest absolute Gasteiger partial charge is 0.423 e. The molecular weight excluding hydrogens is 424 g/mol. The van der Waals surface area contributed by atoms with Gasteiger partial charge in [-0.2, -0.15) is 0 Å². The molecule has 1 aromatic heterocycles. The number of amidine groups is 1. The summed E-state index contributed by atoms with van der Waals surface area (Å²) < 4.78 is 18.2. The number of aliphatic imine (C=N–C) groups is 1. The standard InChI is InChI=1S/C15H12BBrFN5O4/c17-11-7-10(5-6-12(11)18)20-14(21-26)13-15(23-27-22-13)19-9-3-1-8(2-4-9)16(24)25/h1-7,24-26H,(H,19,23)(H,20,21). The summed E-state index contributed by atoms with van der Waals surface area (Å²) in [4.78, 5) is 4.15. The number of hydrogen-bond acceptors (Lipinski definition) is 8. The lowest BCUT2D eigenvalue weighted by molar-refractivity contribution is 0.234. The van der Waals surface area contributed by atoms with E-state index in [9.17, 15) is 9.60 Å². The van der Waals surface area contributed by atoms with E-state index >= 15 is 0 Å². The molecule has 27 heavy (non-hydrogen) atoms. The van der Waals surface area contributed by atoms with Gasteiger partial charge in [-0.05, 0) is 62.0 Å². The summed E-state index contributed by atoms with van der Waals surface area (Å²) in [6.07, 6.45) is 0. The average molecular weight is 436 g/mol. The van der Waals surface area contributed by atoms with Gasteiger partial charge in [-0.1, -0.05) is 12.1 Å². The van der Waals surface area contributed by atoms with Crippen molar-refractivity contribution < 1.29 is 24.3 Å². The lowest BCUT2D eigenvalue weighted by atomic mass is 9.80. The molecule has 0 amide bonds. The first-order chi connectivity index (χ1) is 13.0. The first kappa shape index (κ1) is 19.0. The Morgan fingerprint density at radius 2 is 1.89 bits per heavy atom. The molecule has 0 fully saturated rings. The predicted octanol–water partition coefficient (Wildman–Crippen LogP) is 1.45. The molecule has 0 atom stereocenters. The molecule has 0 aliphatic rings. The van der Waals surface area contributed by atoms with E-state index in [4.69, 9.17) is 14.7 Å². The highest BCUT2D eigenvalue weighted by Gasteiger charge is 2.17. The van der Waals surface area contributed by atoms with Crippen LogP contribution in [0.4, 0.5) is 21.6 Å². The molecule has 0 aliphatic carbocycles. The largest absolute Gasteiger partial charge is 0.488 e. The van der Waals surface area contributed by atoms with Crippen molar-refractivity contribution in [2.75, 3.05) is 5.32 Å². The van der Waals surface area contributed by atoms with Gasteiger partial charge >= 0.3 is 7.12 Å². The van der Waals surface area contributed by atoms with Crippen LogP contribution >= 0.6 is 15.9 Å². The van der Waals surface area contributed by atoms with Crippen LogP contribution < -0.4 is 16.3 Å². The quantitative estimate of drug-likeness (QED) is 0.176. The first-order valence-electron chi connectivity index (χ1n) is 7.48. The molecule has 9 nitrogen and oxygen atoms in total. The molecule has 0 saturated heterocycles. The maximum atomic E-state index is 13.3. The highest BCUT2D eigenvalue weighted by atomic mass is 79.9. The molecule has 2 aromatic carbocycles. The predicted molar refractivity (Wildman–Crippen MR) is 99.1 cm³/mol. The zero-order valence-electron chi connectivity index (χ0n) is 13.5. The van der Waals surface area contributed by atoms with Crippen molar-refractivity contribution in [3.8, 4) is 0 Å². The van der Waals surface area contributed by atoms with Crippen molar-refractivity contribution in [2.24, 2.45) is 4.99 Å². The summed E-state index contributed by atoms with van der Waals surface area (Å²) in [7, 11) is -1.57. The van der Waals surface area contributed by atoms with Crippen LogP contribution in [0.5, 0.6) is 0 Å². The van der Waals surface area contributed by atoms with Gasteiger partial charge in [0.25, 0.3) is 0 Å². The molecular formula is C15H12BBrFN5O4. The van der Waals surface area contributed by atoms with Gasteiger partial charge in [-0.15, -0.1) is 0 Å². The van der Waals surface area contributed by atoms with Crippen molar-refractivity contribution in [1.29, 1.82) is 0 Å². The van der Waals surface area contributed by atoms with E-state index in [1.807, 2.05) is 5.48 Å². The minimum atomic E-state index is -1.57. The first-order valence-corrected chi connectivity index (χ1v) is 8.27. The summed E-state index contributed by atoms with van der Waals surface area (Å²) in [5.74, 6) is -0.386. The minimum Gasteiger partial charge on any atom is -0.423 e. The van der Waals surface area contributed by atoms with E-state index in [2.05, 4.69) is 36.6 Å². The van der Waals surface area contributed by atoms with Crippen LogP contribution in [0.1, 0.15) is 5.69 Å². The Bertz CT molecular complexity index is 967. The Morgan fingerprint density at radius 3 is 2.52 bits per heavy atom. The highest BCUT2D eigenvalue weighted by molar-refractivity contribution is 9.10. The Morgan fingerprint density at radius 1 is 1.15 bits per heavy atom. The molecule has 3 aromatic rings. The molecule has 138 valence electrons. The van der Waals surface area contributed by atoms with E-state index in [0.29, 0.717) is 16.8 Å². The van der Waals surface area contributed by atoms with E-state index in [1.54, 1.807) is 12.1 Å². The highest BCUT2D eigenvalue weighted by Crippen LogP contribution is 2.24. The van der Waals surface area contributed by atoms with Crippen molar-refractivity contribution in [3.63, 3.8) is 0 Å². The van der Waals surface area contributed by atoms with Crippen LogP contribution in [0.2, 0.25) is 0 Å². The molecule has 0 unspecified atom stereocenters. The number of hydroxylamine groups is 1. The van der Waals surface area contributed by atoms with E-state index < -0.39 is 12.9 Å². The number of nitrogens with zero attached hydrogens (tertiary/aromatic N) is 3. The topological polar surface area (TPSA) is 136 Å². The molecule has 1 heterocycles. The van der Waals surface area contributed by atoms with Crippen molar-refractivity contribution >= 4 is 51.5 Å². The maximum Gasteiger partial charge on any atom is 0.488 e. The summed E-state index contributed by atoms with van der Waals surface area (Å²) in [6, 6.07) is 10.3. The van der Waals surface area contributed by atoms with Crippen LogP contribution in [-0.2, 0) is 0 Å². The number of rotatable bonds is 5. The Kier molecular flexibility index (Phi) is 5.81. The van der Waals surface area contributed by atoms with Crippen LogP contribution in [-0.4, -0.2) is 38.5 Å². The maximum absolute atomic E-state index is 13.3. The van der Waals surface area contributed by atoms with Gasteiger partial charge in [0.15, 0.2) is 11.5 Å². The van der Waals surface area contributed by atoms with Crippen molar-refractivity contribution in [3.05, 3.63) is 58.4 Å². The van der Waals surface area contributed by atoms with Crippen LogP contribution in [0.3, 0.4) is 0 Å². The average Bonchev–Trinajstić information content (AvgIpc) is 3.11. The summed E-state index contributed by atoms with van der Waals surface area (Å²) in [5.41, 5.74) is 3.20. The number of benzene rings is 2. The van der Waals surface area contributed by atoms with Crippen molar-refractivity contribution in [2.45, 2.75) is 0 Å². The van der Waals surface area contributed by atoms with Gasteiger partial charge < -0.3 is 15.4 Å². The monoisotopic (exact) mass is 435 g/mol. The molecule has 0 saturated carbocycles. The van der Waals surface area contributed by atoms with Gasteiger partial charge in [0, 0.05) is 5.69 Å². The lowest BCUT2D eigenvalue weighted by Gasteiger charge is -2.07. The Labute approximate surface area is 160 Å². The number of anilines is 2. The van der Waals surface area contributed by atoms with E-state index in [0.717, 1.165) is 0 Å². The van der Waals surface area contributed by atoms with Gasteiger partial charge in [0.05, 0.1) is 10.2 Å². The SMILES string of the molecule is ONC(=Nc1ccc(F)c(Br)c1)c1nonc1Nc1ccc(B(O)O)cc1. The minimum absolute atomic E-state index is 0.0733. The number of nitrogens with one attached hydrogen (secondary N) is 2. The fourth-order valence-corrected chi connectivity index (χ4v) is 2.48. The Balaban J connectivity index is 1.87. The van der Waals surface area contributed by atoms with Gasteiger partial charge in [0.2, 0.25) is 5.82 Å². The zero-order valence-corrected chi connectivity index (χ0v) is 15.1. The van der Waals surface area contributed by atoms with Gasteiger partial charge in [0.1, 0.15) is 5.82 Å². The molecule has 5 N–H and O–H groups in total. The third-order valence-corrected chi connectivity index (χ3v) is 4.04. The summed E-state index contributed by atoms with van der Waals surface area (Å²) in [5, 5.41) is 38.0. The molecule has 0 aliphatic heterocycles. The number of aromatic nitrogens is 2. The van der Waals surface area contributed by atoms with Crippen LogP contribution in [0, 0.1) is 5.82 Å².